The van der Waals surface area contributed by atoms with E-state index in [1.165, 1.54) is 0 Å². The van der Waals surface area contributed by atoms with Crippen LogP contribution in [0.15, 0.2) is 48.7 Å². The molecule has 1 saturated heterocycles. The highest BCUT2D eigenvalue weighted by molar-refractivity contribution is 6.05. The maximum absolute atomic E-state index is 12.6. The molecule has 8 heteroatoms. The van der Waals surface area contributed by atoms with Crippen LogP contribution < -0.4 is 10.6 Å². The first-order valence-corrected chi connectivity index (χ1v) is 10.1. The molecule has 1 fully saturated rings. The van der Waals surface area contributed by atoms with Crippen LogP contribution in [0, 0.1) is 0 Å². The van der Waals surface area contributed by atoms with Gasteiger partial charge in [0.2, 0.25) is 5.91 Å². The summed E-state index contributed by atoms with van der Waals surface area (Å²) in [5.41, 5.74) is 2.91. The molecule has 1 aromatic heterocycles. The average Bonchev–Trinajstić information content (AvgIpc) is 3.26. The van der Waals surface area contributed by atoms with Gasteiger partial charge in [-0.05, 0) is 23.8 Å². The number of rotatable bonds is 7. The van der Waals surface area contributed by atoms with Gasteiger partial charge in [0.1, 0.15) is 0 Å². The Kier molecular flexibility index (Phi) is 6.36. The molecule has 2 heterocycles. The minimum atomic E-state index is -0.176. The van der Waals surface area contributed by atoms with Gasteiger partial charge in [-0.3, -0.25) is 19.6 Å². The Morgan fingerprint density at radius 3 is 2.83 bits per heavy atom. The van der Waals surface area contributed by atoms with Crippen molar-refractivity contribution >= 4 is 28.4 Å². The first-order chi connectivity index (χ1) is 14.7. The quantitative estimate of drug-likeness (QED) is 0.557. The van der Waals surface area contributed by atoms with Crippen LogP contribution in [-0.4, -0.2) is 59.8 Å². The number of aromatic amines is 1. The van der Waals surface area contributed by atoms with E-state index in [0.29, 0.717) is 18.5 Å². The van der Waals surface area contributed by atoms with Crippen LogP contribution in [0.1, 0.15) is 22.3 Å². The highest BCUT2D eigenvalue weighted by atomic mass is 16.5. The number of nitrogens with zero attached hydrogens (tertiary/aromatic N) is 2. The van der Waals surface area contributed by atoms with Crippen LogP contribution in [-0.2, 0) is 16.1 Å². The summed E-state index contributed by atoms with van der Waals surface area (Å²) in [4.78, 5) is 27.1. The summed E-state index contributed by atoms with van der Waals surface area (Å²) in [5.74, 6) is -0.196. The second kappa shape index (κ2) is 9.51. The fraction of sp³-hybridized carbons (Fsp3) is 0.318. The SMILES string of the molecule is O=C(CCN1CCOCC1)Nc1cccc(CNC(=O)c2cccc3cn[nH]c23)c1. The lowest BCUT2D eigenvalue weighted by Gasteiger charge is -2.26. The molecule has 2 aromatic carbocycles. The van der Waals surface area contributed by atoms with E-state index in [1.54, 1.807) is 12.3 Å². The molecule has 0 spiro atoms. The van der Waals surface area contributed by atoms with E-state index in [2.05, 4.69) is 25.7 Å². The normalized spacial score (nSPS) is 14.5. The predicted molar refractivity (Wildman–Crippen MR) is 114 cm³/mol. The molecule has 2 amide bonds. The monoisotopic (exact) mass is 407 g/mol. The summed E-state index contributed by atoms with van der Waals surface area (Å²) in [7, 11) is 0. The van der Waals surface area contributed by atoms with Crippen molar-refractivity contribution in [3.63, 3.8) is 0 Å². The van der Waals surface area contributed by atoms with Crippen LogP contribution in [0.5, 0.6) is 0 Å². The number of ether oxygens (including phenoxy) is 1. The third-order valence-corrected chi connectivity index (χ3v) is 5.14. The highest BCUT2D eigenvalue weighted by Gasteiger charge is 2.13. The van der Waals surface area contributed by atoms with Crippen LogP contribution in [0.3, 0.4) is 0 Å². The van der Waals surface area contributed by atoms with E-state index in [-0.39, 0.29) is 11.8 Å². The second-order valence-electron chi connectivity index (χ2n) is 7.28. The molecule has 0 unspecified atom stereocenters. The third-order valence-electron chi connectivity index (χ3n) is 5.14. The van der Waals surface area contributed by atoms with Gasteiger partial charge >= 0.3 is 0 Å². The van der Waals surface area contributed by atoms with E-state index in [4.69, 9.17) is 4.74 Å². The fourth-order valence-electron chi connectivity index (χ4n) is 3.50. The molecule has 0 bridgehead atoms. The minimum Gasteiger partial charge on any atom is -0.379 e. The zero-order valence-electron chi connectivity index (χ0n) is 16.7. The minimum absolute atomic E-state index is 0.0198. The smallest absolute Gasteiger partial charge is 0.253 e. The Hall–Kier alpha value is -3.23. The van der Waals surface area contributed by atoms with Crippen molar-refractivity contribution in [2.45, 2.75) is 13.0 Å². The summed E-state index contributed by atoms with van der Waals surface area (Å²) in [5, 5.41) is 13.6. The van der Waals surface area contributed by atoms with Crippen molar-refractivity contribution < 1.29 is 14.3 Å². The van der Waals surface area contributed by atoms with Crippen LogP contribution in [0.25, 0.3) is 10.9 Å². The van der Waals surface area contributed by atoms with Gasteiger partial charge in [0.05, 0.1) is 30.5 Å². The van der Waals surface area contributed by atoms with E-state index in [0.717, 1.165) is 55.0 Å². The van der Waals surface area contributed by atoms with Crippen molar-refractivity contribution in [3.8, 4) is 0 Å². The molecule has 4 rings (SSSR count). The Bertz CT molecular complexity index is 1030. The van der Waals surface area contributed by atoms with Crippen molar-refractivity contribution in [1.82, 2.24) is 20.4 Å². The summed E-state index contributed by atoms with van der Waals surface area (Å²) >= 11 is 0. The number of carbonyl (C=O) groups excluding carboxylic acids is 2. The van der Waals surface area contributed by atoms with Gasteiger partial charge in [-0.15, -0.1) is 0 Å². The number of amides is 2. The topological polar surface area (TPSA) is 99.3 Å². The number of carbonyl (C=O) groups is 2. The molecule has 1 aliphatic heterocycles. The molecule has 0 aliphatic carbocycles. The molecular formula is C22H25N5O3. The third kappa shape index (κ3) is 5.03. The average molecular weight is 407 g/mol. The van der Waals surface area contributed by atoms with Gasteiger partial charge in [-0.1, -0.05) is 24.3 Å². The number of benzene rings is 2. The maximum Gasteiger partial charge on any atom is 0.253 e. The zero-order chi connectivity index (χ0) is 20.8. The summed E-state index contributed by atoms with van der Waals surface area (Å²) in [6.07, 6.45) is 2.13. The molecule has 0 saturated carbocycles. The van der Waals surface area contributed by atoms with E-state index < -0.39 is 0 Å². The molecule has 0 atom stereocenters. The van der Waals surface area contributed by atoms with Gasteiger partial charge in [0.15, 0.2) is 0 Å². The maximum atomic E-state index is 12.6. The fourth-order valence-corrected chi connectivity index (χ4v) is 3.50. The van der Waals surface area contributed by atoms with Crippen molar-refractivity contribution in [2.75, 3.05) is 38.2 Å². The van der Waals surface area contributed by atoms with Crippen LogP contribution in [0.2, 0.25) is 0 Å². The molecule has 0 radical (unpaired) electrons. The van der Waals surface area contributed by atoms with E-state index in [9.17, 15) is 9.59 Å². The first kappa shape index (κ1) is 20.1. The number of H-pyrrole nitrogens is 1. The lowest BCUT2D eigenvalue weighted by molar-refractivity contribution is -0.116. The van der Waals surface area contributed by atoms with Gasteiger partial charge in [-0.2, -0.15) is 5.10 Å². The predicted octanol–water partition coefficient (Wildman–Crippen LogP) is 2.15. The summed E-state index contributed by atoms with van der Waals surface area (Å²) < 4.78 is 5.32. The first-order valence-electron chi connectivity index (χ1n) is 10.1. The van der Waals surface area contributed by atoms with Crippen LogP contribution >= 0.6 is 0 Å². The molecule has 1 aliphatic rings. The van der Waals surface area contributed by atoms with Crippen molar-refractivity contribution in [2.24, 2.45) is 0 Å². The number of para-hydroxylation sites is 1. The highest BCUT2D eigenvalue weighted by Crippen LogP contribution is 2.16. The van der Waals surface area contributed by atoms with Gasteiger partial charge < -0.3 is 15.4 Å². The van der Waals surface area contributed by atoms with Gasteiger partial charge in [0, 0.05) is 43.7 Å². The Morgan fingerprint density at radius 2 is 1.97 bits per heavy atom. The molecule has 30 heavy (non-hydrogen) atoms. The number of hydrogen-bond donors (Lipinski definition) is 3. The lowest BCUT2D eigenvalue weighted by atomic mass is 10.1. The van der Waals surface area contributed by atoms with Crippen molar-refractivity contribution in [1.29, 1.82) is 0 Å². The molecular weight excluding hydrogens is 382 g/mol. The summed E-state index contributed by atoms with van der Waals surface area (Å²) in [6.45, 7) is 4.28. The molecule has 3 aromatic rings. The van der Waals surface area contributed by atoms with Gasteiger partial charge in [-0.25, -0.2) is 0 Å². The lowest BCUT2D eigenvalue weighted by Crippen LogP contribution is -2.38. The van der Waals surface area contributed by atoms with E-state index >= 15 is 0 Å². The van der Waals surface area contributed by atoms with Crippen molar-refractivity contribution in [3.05, 3.63) is 59.8 Å². The van der Waals surface area contributed by atoms with Crippen LogP contribution in [0.4, 0.5) is 5.69 Å². The zero-order valence-corrected chi connectivity index (χ0v) is 16.7. The second-order valence-corrected chi connectivity index (χ2v) is 7.28. The van der Waals surface area contributed by atoms with Gasteiger partial charge in [0.25, 0.3) is 5.91 Å². The molecule has 3 N–H and O–H groups in total. The standard InChI is InChI=1S/C22H25N5O3/c28-20(7-8-27-9-11-30-12-10-27)25-18-5-1-3-16(13-18)14-23-22(29)19-6-2-4-17-15-24-26-21(17)19/h1-6,13,15H,7-12,14H2,(H,23,29)(H,24,26)(H,25,28). The number of nitrogens with one attached hydrogen (secondary N) is 3. The number of hydrogen-bond acceptors (Lipinski definition) is 5. The number of aromatic nitrogens is 2. The Balaban J connectivity index is 1.30. The Morgan fingerprint density at radius 1 is 1.13 bits per heavy atom. The largest absolute Gasteiger partial charge is 0.379 e. The number of fused-ring (bicyclic) bond motifs is 1. The Labute approximate surface area is 174 Å². The number of morpholine rings is 1. The number of anilines is 1. The molecule has 156 valence electrons. The summed E-state index contributed by atoms with van der Waals surface area (Å²) in [6, 6.07) is 13.0. The molecule has 8 nitrogen and oxygen atoms in total. The van der Waals surface area contributed by atoms with E-state index in [1.807, 2.05) is 36.4 Å².